The summed E-state index contributed by atoms with van der Waals surface area (Å²) in [7, 11) is 0.406. The molecule has 0 N–H and O–H groups in total. The molecule has 0 unspecified atom stereocenters. The van der Waals surface area contributed by atoms with Crippen LogP contribution >= 0.6 is 0 Å². The lowest BCUT2D eigenvalue weighted by Gasteiger charge is -2.23. The first kappa shape index (κ1) is 15.4. The van der Waals surface area contributed by atoms with Crippen molar-refractivity contribution >= 4 is 18.3 Å². The number of quaternary nitrogens is 1. The third-order valence-electron chi connectivity index (χ3n) is 1.98. The third kappa shape index (κ3) is 6.19. The van der Waals surface area contributed by atoms with Gasteiger partial charge in [-0.3, -0.25) is 0 Å². The van der Waals surface area contributed by atoms with Crippen LogP contribution in [-0.2, 0) is 6.67 Å². The van der Waals surface area contributed by atoms with Gasteiger partial charge in [-0.15, -0.1) is 5.10 Å². The standard InChI is InChI=1S/C10H15N4.BF4/c1-14(2,3)8-13-10-7-5-4-6-9(10)11-12-13;2-1(3,4)5/h4-7H,8H2,1-3H3;/q+1;-1. The average molecular weight is 278 g/mol. The number of hydrogen-bond acceptors (Lipinski definition) is 2. The van der Waals surface area contributed by atoms with Gasteiger partial charge in [0.15, 0.2) is 6.67 Å². The van der Waals surface area contributed by atoms with E-state index in [1.807, 2.05) is 28.9 Å². The van der Waals surface area contributed by atoms with Gasteiger partial charge in [0.05, 0.1) is 26.7 Å². The highest BCUT2D eigenvalue weighted by molar-refractivity contribution is 6.50. The molecule has 0 fully saturated rings. The molecule has 0 aliphatic carbocycles. The van der Waals surface area contributed by atoms with E-state index >= 15 is 0 Å². The summed E-state index contributed by atoms with van der Waals surface area (Å²) in [5, 5.41) is 8.24. The van der Waals surface area contributed by atoms with Gasteiger partial charge in [0, 0.05) is 0 Å². The van der Waals surface area contributed by atoms with Crippen molar-refractivity contribution < 1.29 is 21.7 Å². The number of benzene rings is 1. The first-order valence-corrected chi connectivity index (χ1v) is 5.52. The number of halogens is 4. The molecule has 106 valence electrons. The van der Waals surface area contributed by atoms with Gasteiger partial charge < -0.3 is 21.7 Å². The Bertz CT molecular complexity index is 526. The molecule has 2 rings (SSSR count). The highest BCUT2D eigenvalue weighted by atomic mass is 19.5. The molecule has 4 nitrogen and oxygen atoms in total. The Hall–Kier alpha value is -1.64. The lowest BCUT2D eigenvalue weighted by molar-refractivity contribution is -0.893. The van der Waals surface area contributed by atoms with Crippen LogP contribution in [0.25, 0.3) is 11.0 Å². The average Bonchev–Trinajstić information content (AvgIpc) is 2.57. The van der Waals surface area contributed by atoms with Crippen LogP contribution in [0.15, 0.2) is 24.3 Å². The first-order valence-electron chi connectivity index (χ1n) is 5.52. The van der Waals surface area contributed by atoms with Crippen molar-refractivity contribution in [2.45, 2.75) is 6.67 Å². The van der Waals surface area contributed by atoms with Crippen LogP contribution in [0, 0.1) is 0 Å². The molecular weight excluding hydrogens is 263 g/mol. The lowest BCUT2D eigenvalue weighted by atomic mass is 10.3. The van der Waals surface area contributed by atoms with Crippen LogP contribution in [-0.4, -0.2) is 47.9 Å². The molecule has 0 amide bonds. The second kappa shape index (κ2) is 5.56. The Morgan fingerprint density at radius 3 is 2.16 bits per heavy atom. The maximum Gasteiger partial charge on any atom is 0.673 e. The van der Waals surface area contributed by atoms with Crippen molar-refractivity contribution in [2.24, 2.45) is 0 Å². The second-order valence-corrected chi connectivity index (χ2v) is 5.00. The van der Waals surface area contributed by atoms with Gasteiger partial charge in [0.2, 0.25) is 0 Å². The van der Waals surface area contributed by atoms with Crippen molar-refractivity contribution in [3.05, 3.63) is 24.3 Å². The van der Waals surface area contributed by atoms with Crippen LogP contribution in [0.1, 0.15) is 0 Å². The van der Waals surface area contributed by atoms with Gasteiger partial charge in [-0.25, -0.2) is 0 Å². The molecule has 0 aliphatic rings. The van der Waals surface area contributed by atoms with Crippen LogP contribution in [0.5, 0.6) is 0 Å². The summed E-state index contributed by atoms with van der Waals surface area (Å²) in [6.45, 7) is 0.834. The number of para-hydroxylation sites is 1. The Labute approximate surface area is 108 Å². The summed E-state index contributed by atoms with van der Waals surface area (Å²) in [4.78, 5) is 0. The van der Waals surface area contributed by atoms with Crippen molar-refractivity contribution in [1.82, 2.24) is 15.0 Å². The van der Waals surface area contributed by atoms with Gasteiger partial charge in [-0.1, -0.05) is 17.3 Å². The van der Waals surface area contributed by atoms with Crippen LogP contribution < -0.4 is 0 Å². The fourth-order valence-corrected chi connectivity index (χ4v) is 1.42. The molecule has 9 heteroatoms. The van der Waals surface area contributed by atoms with E-state index in [1.54, 1.807) is 0 Å². The Balaban J connectivity index is 0.000000312. The van der Waals surface area contributed by atoms with Crippen molar-refractivity contribution in [2.75, 3.05) is 21.1 Å². The molecule has 0 bridgehead atoms. The van der Waals surface area contributed by atoms with E-state index in [9.17, 15) is 17.3 Å². The van der Waals surface area contributed by atoms with Crippen LogP contribution in [0.2, 0.25) is 0 Å². The zero-order chi connectivity index (χ0) is 14.7. The molecular formula is C10H15BF4N4. The number of rotatable bonds is 2. The van der Waals surface area contributed by atoms with E-state index in [1.165, 1.54) is 0 Å². The minimum atomic E-state index is -6.00. The van der Waals surface area contributed by atoms with Gasteiger partial charge in [0.25, 0.3) is 0 Å². The van der Waals surface area contributed by atoms with Gasteiger partial charge >= 0.3 is 7.25 Å². The molecule has 0 spiro atoms. The molecule has 0 saturated carbocycles. The molecule has 0 saturated heterocycles. The van der Waals surface area contributed by atoms with Crippen molar-refractivity contribution in [3.63, 3.8) is 0 Å². The normalized spacial score (nSPS) is 12.2. The fraction of sp³-hybridized carbons (Fsp3) is 0.400. The van der Waals surface area contributed by atoms with Crippen molar-refractivity contribution in [1.29, 1.82) is 0 Å². The highest BCUT2D eigenvalue weighted by Crippen LogP contribution is 2.10. The van der Waals surface area contributed by atoms with Crippen LogP contribution in [0.3, 0.4) is 0 Å². The Morgan fingerprint density at radius 2 is 1.63 bits per heavy atom. The predicted molar refractivity (Wildman–Crippen MR) is 65.7 cm³/mol. The summed E-state index contributed by atoms with van der Waals surface area (Å²) >= 11 is 0. The van der Waals surface area contributed by atoms with E-state index in [4.69, 9.17) is 0 Å². The van der Waals surface area contributed by atoms with E-state index in [0.29, 0.717) is 0 Å². The molecule has 1 aromatic heterocycles. The summed E-state index contributed by atoms with van der Waals surface area (Å²) in [5.74, 6) is 0. The molecule has 0 aliphatic heterocycles. The van der Waals surface area contributed by atoms with Crippen molar-refractivity contribution in [3.8, 4) is 0 Å². The largest absolute Gasteiger partial charge is 0.673 e. The lowest BCUT2D eigenvalue weighted by Crippen LogP contribution is -2.36. The Kier molecular flexibility index (Phi) is 4.51. The topological polar surface area (TPSA) is 30.7 Å². The SMILES string of the molecule is C[N+](C)(C)Cn1nnc2ccccc21.F[B-](F)(F)F. The first-order chi connectivity index (χ1) is 8.56. The number of nitrogens with zero attached hydrogens (tertiary/aromatic N) is 4. The molecule has 1 aromatic carbocycles. The number of hydrogen-bond donors (Lipinski definition) is 0. The molecule has 0 atom stereocenters. The van der Waals surface area contributed by atoms with E-state index in [-0.39, 0.29) is 0 Å². The third-order valence-corrected chi connectivity index (χ3v) is 1.98. The van der Waals surface area contributed by atoms with E-state index < -0.39 is 7.25 Å². The monoisotopic (exact) mass is 278 g/mol. The minimum absolute atomic E-state index is 0.834. The molecule has 2 aromatic rings. The van der Waals surface area contributed by atoms with Gasteiger partial charge in [0.1, 0.15) is 5.52 Å². The zero-order valence-corrected chi connectivity index (χ0v) is 10.9. The Morgan fingerprint density at radius 1 is 1.11 bits per heavy atom. The van der Waals surface area contributed by atoms with E-state index in [0.717, 1.165) is 22.2 Å². The van der Waals surface area contributed by atoms with Gasteiger partial charge in [-0.05, 0) is 12.1 Å². The van der Waals surface area contributed by atoms with E-state index in [2.05, 4.69) is 31.5 Å². The molecule has 0 radical (unpaired) electrons. The summed E-state index contributed by atoms with van der Waals surface area (Å²) in [6, 6.07) is 8.02. The highest BCUT2D eigenvalue weighted by Gasteiger charge is 2.20. The fourth-order valence-electron chi connectivity index (χ4n) is 1.42. The van der Waals surface area contributed by atoms with Gasteiger partial charge in [-0.2, -0.15) is 4.68 Å². The maximum atomic E-state index is 9.75. The number of aromatic nitrogens is 3. The molecule has 19 heavy (non-hydrogen) atoms. The summed E-state index contributed by atoms with van der Waals surface area (Å²) < 4.78 is 41.8. The summed E-state index contributed by atoms with van der Waals surface area (Å²) in [5.41, 5.74) is 2.06. The minimum Gasteiger partial charge on any atom is -0.418 e. The summed E-state index contributed by atoms with van der Waals surface area (Å²) in [6.07, 6.45) is 0. The molecule has 1 heterocycles. The quantitative estimate of drug-likeness (QED) is 0.480. The smallest absolute Gasteiger partial charge is 0.418 e. The number of fused-ring (bicyclic) bond motifs is 1. The second-order valence-electron chi connectivity index (χ2n) is 5.00. The predicted octanol–water partition coefficient (Wildman–Crippen LogP) is 2.39. The maximum absolute atomic E-state index is 9.75. The zero-order valence-electron chi connectivity index (χ0n) is 10.9. The van der Waals surface area contributed by atoms with Crippen LogP contribution in [0.4, 0.5) is 17.3 Å².